The van der Waals surface area contributed by atoms with Crippen molar-refractivity contribution in [2.45, 2.75) is 32.4 Å². The van der Waals surface area contributed by atoms with Crippen molar-refractivity contribution in [3.63, 3.8) is 0 Å². The SMILES string of the molecule is CC(C)N(CC(=O)O)C(=O)CC1Oc2ccccc2NC1=O. The Balaban J connectivity index is 2.08. The number of benzene rings is 1. The number of hydrogen-bond acceptors (Lipinski definition) is 4. The molecular weight excluding hydrogens is 288 g/mol. The summed E-state index contributed by atoms with van der Waals surface area (Å²) in [5, 5.41) is 11.5. The predicted molar refractivity (Wildman–Crippen MR) is 78.6 cm³/mol. The molecule has 7 nitrogen and oxygen atoms in total. The van der Waals surface area contributed by atoms with Crippen LogP contribution in [0.25, 0.3) is 0 Å². The second-order valence-corrected chi connectivity index (χ2v) is 5.31. The average Bonchev–Trinajstić information content (AvgIpc) is 2.45. The third kappa shape index (κ3) is 3.55. The largest absolute Gasteiger partial charge is 0.480 e. The lowest BCUT2D eigenvalue weighted by atomic mass is 10.1. The molecule has 0 spiro atoms. The van der Waals surface area contributed by atoms with Crippen molar-refractivity contribution in [1.29, 1.82) is 0 Å². The summed E-state index contributed by atoms with van der Waals surface area (Å²) in [5.41, 5.74) is 0.558. The summed E-state index contributed by atoms with van der Waals surface area (Å²) in [7, 11) is 0. The summed E-state index contributed by atoms with van der Waals surface area (Å²) in [6.07, 6.45) is -1.16. The van der Waals surface area contributed by atoms with E-state index in [1.54, 1.807) is 38.1 Å². The van der Waals surface area contributed by atoms with E-state index in [4.69, 9.17) is 9.84 Å². The number of anilines is 1. The number of carboxylic acid groups (broad SMARTS) is 1. The molecule has 2 N–H and O–H groups in total. The number of amides is 2. The van der Waals surface area contributed by atoms with E-state index in [2.05, 4.69) is 5.32 Å². The molecule has 2 amide bonds. The van der Waals surface area contributed by atoms with Crippen molar-refractivity contribution in [2.75, 3.05) is 11.9 Å². The lowest BCUT2D eigenvalue weighted by molar-refractivity contribution is -0.147. The summed E-state index contributed by atoms with van der Waals surface area (Å²) >= 11 is 0. The number of nitrogens with one attached hydrogen (secondary N) is 1. The van der Waals surface area contributed by atoms with Crippen LogP contribution in [0.1, 0.15) is 20.3 Å². The van der Waals surface area contributed by atoms with Gasteiger partial charge in [-0.25, -0.2) is 0 Å². The van der Waals surface area contributed by atoms with E-state index >= 15 is 0 Å². The smallest absolute Gasteiger partial charge is 0.323 e. The zero-order valence-corrected chi connectivity index (χ0v) is 12.4. The van der Waals surface area contributed by atoms with Gasteiger partial charge >= 0.3 is 5.97 Å². The first-order chi connectivity index (χ1) is 10.4. The van der Waals surface area contributed by atoms with Gasteiger partial charge in [0.25, 0.3) is 5.91 Å². The van der Waals surface area contributed by atoms with E-state index < -0.39 is 30.4 Å². The molecule has 1 aromatic rings. The molecule has 0 saturated heterocycles. The third-order valence-electron chi connectivity index (χ3n) is 3.32. The highest BCUT2D eigenvalue weighted by atomic mass is 16.5. The standard InChI is InChI=1S/C15H18N2O5/c1-9(2)17(8-14(19)20)13(18)7-12-15(21)16-10-5-3-4-6-11(10)22-12/h3-6,9,12H,7-8H2,1-2H3,(H,16,21)(H,19,20). The molecule has 0 aliphatic carbocycles. The lowest BCUT2D eigenvalue weighted by Gasteiger charge is -2.29. The topological polar surface area (TPSA) is 95.9 Å². The Morgan fingerprint density at radius 1 is 1.36 bits per heavy atom. The Morgan fingerprint density at radius 2 is 2.05 bits per heavy atom. The molecule has 0 saturated carbocycles. The lowest BCUT2D eigenvalue weighted by Crippen LogP contribution is -2.45. The van der Waals surface area contributed by atoms with Crippen LogP contribution in [0, 0.1) is 0 Å². The van der Waals surface area contributed by atoms with E-state index in [0.29, 0.717) is 11.4 Å². The van der Waals surface area contributed by atoms with Crippen LogP contribution in [0.4, 0.5) is 5.69 Å². The molecule has 0 fully saturated rings. The van der Waals surface area contributed by atoms with Gasteiger partial charge in [-0.2, -0.15) is 0 Å². The van der Waals surface area contributed by atoms with Crippen LogP contribution in [0.15, 0.2) is 24.3 Å². The monoisotopic (exact) mass is 306 g/mol. The molecule has 1 aliphatic heterocycles. The molecule has 1 atom stereocenters. The first-order valence-corrected chi connectivity index (χ1v) is 6.96. The number of fused-ring (bicyclic) bond motifs is 1. The van der Waals surface area contributed by atoms with Crippen molar-refractivity contribution in [1.82, 2.24) is 4.90 Å². The third-order valence-corrected chi connectivity index (χ3v) is 3.32. The van der Waals surface area contributed by atoms with Gasteiger partial charge in [0.1, 0.15) is 12.3 Å². The van der Waals surface area contributed by atoms with Crippen molar-refractivity contribution < 1.29 is 24.2 Å². The predicted octanol–water partition coefficient (Wildman–Crippen LogP) is 1.10. The van der Waals surface area contributed by atoms with E-state index in [0.717, 1.165) is 0 Å². The number of ether oxygens (including phenoxy) is 1. The van der Waals surface area contributed by atoms with E-state index in [-0.39, 0.29) is 12.5 Å². The number of rotatable bonds is 5. The minimum absolute atomic E-state index is 0.203. The number of aliphatic carboxylic acids is 1. The summed E-state index contributed by atoms with van der Waals surface area (Å²) < 4.78 is 5.54. The number of carboxylic acids is 1. The van der Waals surface area contributed by atoms with Gasteiger partial charge in [0, 0.05) is 6.04 Å². The highest BCUT2D eigenvalue weighted by Gasteiger charge is 2.32. The molecule has 22 heavy (non-hydrogen) atoms. The Kier molecular flexibility index (Phi) is 4.65. The van der Waals surface area contributed by atoms with E-state index in [9.17, 15) is 14.4 Å². The summed E-state index contributed by atoms with van der Waals surface area (Å²) in [6, 6.07) is 6.66. The van der Waals surface area contributed by atoms with Gasteiger partial charge in [0.2, 0.25) is 5.91 Å². The fourth-order valence-electron chi connectivity index (χ4n) is 2.21. The van der Waals surface area contributed by atoms with Crippen LogP contribution >= 0.6 is 0 Å². The molecule has 2 rings (SSSR count). The minimum Gasteiger partial charge on any atom is -0.480 e. The van der Waals surface area contributed by atoms with Gasteiger partial charge in [-0.3, -0.25) is 14.4 Å². The molecular formula is C15H18N2O5. The molecule has 0 radical (unpaired) electrons. The van der Waals surface area contributed by atoms with Crippen molar-refractivity contribution >= 4 is 23.5 Å². The minimum atomic E-state index is -1.10. The van der Waals surface area contributed by atoms with Crippen molar-refractivity contribution in [2.24, 2.45) is 0 Å². The number of para-hydroxylation sites is 2. The maximum atomic E-state index is 12.2. The first-order valence-electron chi connectivity index (χ1n) is 6.96. The Bertz CT molecular complexity index is 599. The van der Waals surface area contributed by atoms with Gasteiger partial charge in [-0.15, -0.1) is 0 Å². The van der Waals surface area contributed by atoms with Gasteiger partial charge in [-0.1, -0.05) is 12.1 Å². The van der Waals surface area contributed by atoms with Crippen LogP contribution in [0.2, 0.25) is 0 Å². The van der Waals surface area contributed by atoms with Crippen LogP contribution in [0.5, 0.6) is 5.75 Å². The van der Waals surface area contributed by atoms with E-state index in [1.165, 1.54) is 4.90 Å². The van der Waals surface area contributed by atoms with Gasteiger partial charge in [0.05, 0.1) is 12.1 Å². The van der Waals surface area contributed by atoms with Gasteiger partial charge in [0.15, 0.2) is 6.10 Å². The first kappa shape index (κ1) is 15.8. The quantitative estimate of drug-likeness (QED) is 0.849. The molecule has 0 bridgehead atoms. The van der Waals surface area contributed by atoms with Crippen LogP contribution < -0.4 is 10.1 Å². The second kappa shape index (κ2) is 6.46. The van der Waals surface area contributed by atoms with Crippen LogP contribution in [0.3, 0.4) is 0 Å². The van der Waals surface area contributed by atoms with Crippen molar-refractivity contribution in [3.8, 4) is 5.75 Å². The molecule has 1 aliphatic rings. The fraction of sp³-hybridized carbons (Fsp3) is 0.400. The van der Waals surface area contributed by atoms with Gasteiger partial charge < -0.3 is 20.1 Å². The second-order valence-electron chi connectivity index (χ2n) is 5.31. The Morgan fingerprint density at radius 3 is 2.68 bits per heavy atom. The maximum absolute atomic E-state index is 12.2. The zero-order chi connectivity index (χ0) is 16.3. The number of nitrogens with zero attached hydrogens (tertiary/aromatic N) is 1. The Labute approximate surface area is 127 Å². The van der Waals surface area contributed by atoms with Crippen molar-refractivity contribution in [3.05, 3.63) is 24.3 Å². The van der Waals surface area contributed by atoms with E-state index in [1.807, 2.05) is 0 Å². The number of hydrogen-bond donors (Lipinski definition) is 2. The molecule has 1 aromatic carbocycles. The average molecular weight is 306 g/mol. The highest BCUT2D eigenvalue weighted by molar-refractivity contribution is 6.00. The fourth-order valence-corrected chi connectivity index (χ4v) is 2.21. The molecule has 1 unspecified atom stereocenters. The molecule has 1 heterocycles. The molecule has 0 aromatic heterocycles. The summed E-state index contributed by atoms with van der Waals surface area (Å²) in [6.45, 7) is 3.04. The maximum Gasteiger partial charge on any atom is 0.323 e. The van der Waals surface area contributed by atoms with Crippen LogP contribution in [-0.2, 0) is 14.4 Å². The Hall–Kier alpha value is -2.57. The zero-order valence-electron chi connectivity index (χ0n) is 12.4. The number of carbonyl (C=O) groups is 3. The number of carbonyl (C=O) groups excluding carboxylic acids is 2. The molecule has 7 heteroatoms. The van der Waals surface area contributed by atoms with Gasteiger partial charge in [-0.05, 0) is 26.0 Å². The molecule has 118 valence electrons. The normalized spacial score (nSPS) is 16.5. The highest BCUT2D eigenvalue weighted by Crippen LogP contribution is 2.29. The summed E-state index contributed by atoms with van der Waals surface area (Å²) in [5.74, 6) is -1.45. The summed E-state index contributed by atoms with van der Waals surface area (Å²) in [4.78, 5) is 36.3. The van der Waals surface area contributed by atoms with Crippen LogP contribution in [-0.4, -0.2) is 46.5 Å².